The molecule has 0 saturated heterocycles. The molecular formula is C14H9ClN6. The molecule has 0 radical (unpaired) electrons. The van der Waals surface area contributed by atoms with Gasteiger partial charge in [-0.1, -0.05) is 18.2 Å². The van der Waals surface area contributed by atoms with Crippen LogP contribution in [0.15, 0.2) is 48.8 Å². The quantitative estimate of drug-likeness (QED) is 0.577. The normalized spacial score (nSPS) is 11.1. The van der Waals surface area contributed by atoms with E-state index in [-0.39, 0.29) is 5.28 Å². The third-order valence-electron chi connectivity index (χ3n) is 3.17. The number of H-pyrrole nitrogens is 1. The van der Waals surface area contributed by atoms with E-state index in [4.69, 9.17) is 11.6 Å². The molecule has 0 aliphatic carbocycles. The minimum absolute atomic E-state index is 0.169. The summed E-state index contributed by atoms with van der Waals surface area (Å²) in [5.74, 6) is 0. The average molecular weight is 297 g/mol. The summed E-state index contributed by atoms with van der Waals surface area (Å²) < 4.78 is 1.81. The van der Waals surface area contributed by atoms with Gasteiger partial charge in [-0.2, -0.15) is 15.2 Å². The van der Waals surface area contributed by atoms with E-state index in [0.29, 0.717) is 11.3 Å². The molecule has 4 rings (SSSR count). The van der Waals surface area contributed by atoms with Crippen molar-refractivity contribution in [2.45, 2.75) is 0 Å². The van der Waals surface area contributed by atoms with Crippen molar-refractivity contribution in [1.29, 1.82) is 0 Å². The number of nitrogens with one attached hydrogen (secondary N) is 1. The summed E-state index contributed by atoms with van der Waals surface area (Å²) in [6.07, 6.45) is 3.41. The maximum Gasteiger partial charge on any atom is 0.225 e. The van der Waals surface area contributed by atoms with Crippen molar-refractivity contribution in [1.82, 2.24) is 29.9 Å². The van der Waals surface area contributed by atoms with Crippen molar-refractivity contribution in [3.05, 3.63) is 54.1 Å². The molecule has 6 nitrogen and oxygen atoms in total. The molecule has 1 N–H and O–H groups in total. The lowest BCUT2D eigenvalue weighted by Crippen LogP contribution is -2.00. The van der Waals surface area contributed by atoms with Gasteiger partial charge in [0.1, 0.15) is 5.69 Å². The molecule has 3 heterocycles. The molecule has 0 atom stereocenters. The van der Waals surface area contributed by atoms with Crippen molar-refractivity contribution < 1.29 is 0 Å². The molecule has 1 aromatic carbocycles. The zero-order chi connectivity index (χ0) is 14.2. The van der Waals surface area contributed by atoms with Crippen molar-refractivity contribution in [2.75, 3.05) is 0 Å². The second-order valence-corrected chi connectivity index (χ2v) is 4.78. The topological polar surface area (TPSA) is 72.3 Å². The lowest BCUT2D eigenvalue weighted by atomic mass is 10.2. The number of para-hydroxylation sites is 1. The molecule has 0 spiro atoms. The van der Waals surface area contributed by atoms with Crippen LogP contribution >= 0.6 is 11.6 Å². The first-order valence-corrected chi connectivity index (χ1v) is 6.67. The number of halogens is 1. The summed E-state index contributed by atoms with van der Waals surface area (Å²) in [5.41, 5.74) is 3.08. The van der Waals surface area contributed by atoms with Gasteiger partial charge in [-0.25, -0.2) is 9.67 Å². The fraction of sp³-hybridized carbons (Fsp3) is 0. The van der Waals surface area contributed by atoms with Gasteiger partial charge in [0.25, 0.3) is 0 Å². The van der Waals surface area contributed by atoms with E-state index >= 15 is 0 Å². The Morgan fingerprint density at radius 2 is 1.90 bits per heavy atom. The zero-order valence-corrected chi connectivity index (χ0v) is 11.5. The maximum atomic E-state index is 6.00. The summed E-state index contributed by atoms with van der Waals surface area (Å²) in [4.78, 5) is 8.45. The Bertz CT molecular complexity index is 912. The predicted octanol–water partition coefficient (Wildman–Crippen LogP) is 2.86. The van der Waals surface area contributed by atoms with E-state index in [1.54, 1.807) is 12.4 Å². The van der Waals surface area contributed by atoms with Crippen LogP contribution in [0.5, 0.6) is 0 Å². The van der Waals surface area contributed by atoms with Gasteiger partial charge in [0.2, 0.25) is 5.28 Å². The summed E-state index contributed by atoms with van der Waals surface area (Å²) >= 11 is 6.00. The fourth-order valence-electron chi connectivity index (χ4n) is 2.26. The number of aromatic amines is 1. The highest BCUT2D eigenvalue weighted by Gasteiger charge is 2.15. The Morgan fingerprint density at radius 3 is 2.76 bits per heavy atom. The van der Waals surface area contributed by atoms with Crippen LogP contribution in [0.4, 0.5) is 0 Å². The number of nitrogens with zero attached hydrogens (tertiary/aromatic N) is 5. The smallest absolute Gasteiger partial charge is 0.225 e. The van der Waals surface area contributed by atoms with Gasteiger partial charge in [0.05, 0.1) is 29.2 Å². The van der Waals surface area contributed by atoms with Crippen LogP contribution in [0.25, 0.3) is 28.1 Å². The van der Waals surface area contributed by atoms with Crippen LogP contribution in [-0.2, 0) is 0 Å². The van der Waals surface area contributed by atoms with Crippen molar-refractivity contribution in [3.8, 4) is 17.1 Å². The minimum atomic E-state index is 0.169. The molecular weight excluding hydrogens is 288 g/mol. The van der Waals surface area contributed by atoms with Crippen LogP contribution in [0.1, 0.15) is 0 Å². The minimum Gasteiger partial charge on any atom is -0.261 e. The monoisotopic (exact) mass is 296 g/mol. The second kappa shape index (κ2) is 4.68. The highest BCUT2D eigenvalue weighted by molar-refractivity contribution is 6.28. The molecule has 0 unspecified atom stereocenters. The Hall–Kier alpha value is -2.73. The Labute approximate surface area is 124 Å². The average Bonchev–Trinajstić information content (AvgIpc) is 3.16. The van der Waals surface area contributed by atoms with Gasteiger partial charge in [-0.3, -0.25) is 5.10 Å². The summed E-state index contributed by atoms with van der Waals surface area (Å²) in [5, 5.41) is 12.1. The third-order valence-corrected chi connectivity index (χ3v) is 3.34. The standard InChI is InChI=1S/C14H9ClN6/c15-14-18-12(10-8-16-20-13(10)19-14)11-6-7-17-21(11)9-4-2-1-3-5-9/h1-8H,(H,16,18,19,20). The first kappa shape index (κ1) is 12.0. The van der Waals surface area contributed by atoms with Crippen LogP contribution < -0.4 is 0 Å². The molecule has 3 aromatic heterocycles. The molecule has 0 aliphatic rings. The number of hydrogen-bond donors (Lipinski definition) is 1. The molecule has 0 fully saturated rings. The predicted molar refractivity (Wildman–Crippen MR) is 79.3 cm³/mol. The summed E-state index contributed by atoms with van der Waals surface area (Å²) in [6, 6.07) is 11.7. The highest BCUT2D eigenvalue weighted by Crippen LogP contribution is 2.27. The largest absolute Gasteiger partial charge is 0.261 e. The number of aromatic nitrogens is 6. The van der Waals surface area contributed by atoms with Crippen LogP contribution in [0.2, 0.25) is 5.28 Å². The first-order valence-electron chi connectivity index (χ1n) is 6.29. The molecule has 21 heavy (non-hydrogen) atoms. The molecule has 0 saturated carbocycles. The highest BCUT2D eigenvalue weighted by atomic mass is 35.5. The van der Waals surface area contributed by atoms with E-state index < -0.39 is 0 Å². The third kappa shape index (κ3) is 1.96. The Morgan fingerprint density at radius 1 is 1.05 bits per heavy atom. The Kier molecular flexibility index (Phi) is 2.68. The van der Waals surface area contributed by atoms with Gasteiger partial charge in [-0.05, 0) is 29.8 Å². The molecule has 4 aromatic rings. The van der Waals surface area contributed by atoms with Crippen molar-refractivity contribution >= 4 is 22.6 Å². The van der Waals surface area contributed by atoms with E-state index in [9.17, 15) is 0 Å². The number of hydrogen-bond acceptors (Lipinski definition) is 4. The van der Waals surface area contributed by atoms with Gasteiger partial charge < -0.3 is 0 Å². The van der Waals surface area contributed by atoms with E-state index in [2.05, 4.69) is 25.3 Å². The van der Waals surface area contributed by atoms with Crippen molar-refractivity contribution in [3.63, 3.8) is 0 Å². The number of rotatable bonds is 2. The van der Waals surface area contributed by atoms with Crippen LogP contribution in [0.3, 0.4) is 0 Å². The molecule has 0 aliphatic heterocycles. The summed E-state index contributed by atoms with van der Waals surface area (Å²) in [6.45, 7) is 0. The molecule has 7 heteroatoms. The van der Waals surface area contributed by atoms with E-state index in [0.717, 1.165) is 16.8 Å². The van der Waals surface area contributed by atoms with Crippen LogP contribution in [0, 0.1) is 0 Å². The van der Waals surface area contributed by atoms with Crippen LogP contribution in [-0.4, -0.2) is 29.9 Å². The maximum absolute atomic E-state index is 6.00. The van der Waals surface area contributed by atoms with Gasteiger partial charge in [0.15, 0.2) is 5.65 Å². The number of benzene rings is 1. The lowest BCUT2D eigenvalue weighted by molar-refractivity contribution is 0.884. The van der Waals surface area contributed by atoms with Gasteiger partial charge >= 0.3 is 0 Å². The number of fused-ring (bicyclic) bond motifs is 1. The molecule has 102 valence electrons. The lowest BCUT2D eigenvalue weighted by Gasteiger charge is -2.07. The molecule has 0 amide bonds. The van der Waals surface area contributed by atoms with E-state index in [1.807, 2.05) is 41.1 Å². The second-order valence-electron chi connectivity index (χ2n) is 4.44. The van der Waals surface area contributed by atoms with E-state index in [1.165, 1.54) is 0 Å². The Balaban J connectivity index is 1.99. The van der Waals surface area contributed by atoms with Crippen molar-refractivity contribution in [2.24, 2.45) is 0 Å². The zero-order valence-electron chi connectivity index (χ0n) is 10.7. The first-order chi connectivity index (χ1) is 10.3. The fourth-order valence-corrected chi connectivity index (χ4v) is 2.43. The van der Waals surface area contributed by atoms with Gasteiger partial charge in [0, 0.05) is 0 Å². The summed E-state index contributed by atoms with van der Waals surface area (Å²) in [7, 11) is 0. The molecule has 0 bridgehead atoms. The van der Waals surface area contributed by atoms with Gasteiger partial charge in [-0.15, -0.1) is 0 Å². The SMILES string of the molecule is Clc1nc(-c2ccnn2-c2ccccc2)c2cn[nH]c2n1.